The number of hydrogen-bond acceptors (Lipinski definition) is 3. The van der Waals surface area contributed by atoms with Crippen LogP contribution in [-0.4, -0.2) is 27.1 Å². The molecule has 2 rings (SSSR count). The fourth-order valence-electron chi connectivity index (χ4n) is 1.51. The van der Waals surface area contributed by atoms with Crippen LogP contribution in [0.25, 0.3) is 0 Å². The van der Waals surface area contributed by atoms with Crippen LogP contribution in [0, 0.1) is 0 Å². The lowest BCUT2D eigenvalue weighted by atomic mass is 10.1. The highest BCUT2D eigenvalue weighted by molar-refractivity contribution is 6.31. The Morgan fingerprint density at radius 1 is 1.32 bits per heavy atom. The van der Waals surface area contributed by atoms with Crippen LogP contribution in [0.4, 0.5) is 5.69 Å². The van der Waals surface area contributed by atoms with Gasteiger partial charge in [0.1, 0.15) is 11.3 Å². The Balaban J connectivity index is 2.27. The maximum atomic E-state index is 11.8. The number of anilines is 1. The average molecular weight is 281 g/mol. The molecule has 2 aromatic rings. The van der Waals surface area contributed by atoms with Crippen molar-refractivity contribution in [3.8, 4) is 5.75 Å². The number of nitrogens with one attached hydrogen (secondary N) is 2. The van der Waals surface area contributed by atoms with Gasteiger partial charge in [0.25, 0.3) is 5.91 Å². The second kappa shape index (κ2) is 5.03. The van der Waals surface area contributed by atoms with Gasteiger partial charge in [0.05, 0.1) is 10.7 Å². The molecule has 0 fully saturated rings. The number of carbonyl (C=O) groups is 2. The maximum absolute atomic E-state index is 11.8. The third kappa shape index (κ3) is 2.69. The van der Waals surface area contributed by atoms with Gasteiger partial charge in [-0.2, -0.15) is 0 Å². The Morgan fingerprint density at radius 2 is 2.05 bits per heavy atom. The van der Waals surface area contributed by atoms with Gasteiger partial charge in [-0.05, 0) is 18.2 Å². The van der Waals surface area contributed by atoms with E-state index in [0.29, 0.717) is 5.02 Å². The SMILES string of the molecule is O=C(Nc1cccc(C(=O)O)c1O)c1cc(Cl)c[nH]1. The molecule has 7 heteroatoms. The van der Waals surface area contributed by atoms with Crippen molar-refractivity contribution < 1.29 is 19.8 Å². The number of para-hydroxylation sites is 1. The monoisotopic (exact) mass is 280 g/mol. The zero-order valence-electron chi connectivity index (χ0n) is 9.48. The van der Waals surface area contributed by atoms with Gasteiger partial charge in [0, 0.05) is 6.20 Å². The van der Waals surface area contributed by atoms with E-state index in [1.165, 1.54) is 30.5 Å². The normalized spacial score (nSPS) is 10.2. The summed E-state index contributed by atoms with van der Waals surface area (Å²) in [5.74, 6) is -2.32. The smallest absolute Gasteiger partial charge is 0.339 e. The minimum absolute atomic E-state index is 0.00984. The number of hydrogen-bond donors (Lipinski definition) is 4. The fourth-order valence-corrected chi connectivity index (χ4v) is 1.67. The highest BCUT2D eigenvalue weighted by atomic mass is 35.5. The van der Waals surface area contributed by atoms with Gasteiger partial charge in [0.2, 0.25) is 0 Å². The lowest BCUT2D eigenvalue weighted by Crippen LogP contribution is -2.13. The highest BCUT2D eigenvalue weighted by Gasteiger charge is 2.16. The number of carboxylic acids is 1. The number of aromatic carboxylic acids is 1. The average Bonchev–Trinajstić information content (AvgIpc) is 2.78. The first-order valence-corrected chi connectivity index (χ1v) is 5.57. The molecule has 0 aliphatic rings. The number of amides is 1. The third-order valence-electron chi connectivity index (χ3n) is 2.41. The van der Waals surface area contributed by atoms with E-state index in [2.05, 4.69) is 10.3 Å². The minimum atomic E-state index is -1.28. The van der Waals surface area contributed by atoms with E-state index in [0.717, 1.165) is 0 Å². The second-order valence-corrected chi connectivity index (χ2v) is 4.13. The number of halogens is 1. The molecule has 19 heavy (non-hydrogen) atoms. The van der Waals surface area contributed by atoms with Gasteiger partial charge in [-0.25, -0.2) is 4.79 Å². The molecule has 0 spiro atoms. The molecule has 0 unspecified atom stereocenters. The molecular formula is C12H9ClN2O4. The Kier molecular flexibility index (Phi) is 3.43. The van der Waals surface area contributed by atoms with E-state index < -0.39 is 17.6 Å². The summed E-state index contributed by atoms with van der Waals surface area (Å²) in [6, 6.07) is 5.46. The largest absolute Gasteiger partial charge is 0.505 e. The van der Waals surface area contributed by atoms with Crippen molar-refractivity contribution in [1.82, 2.24) is 4.98 Å². The molecule has 0 saturated heterocycles. The van der Waals surface area contributed by atoms with Crippen LogP contribution in [0.2, 0.25) is 5.02 Å². The number of aromatic nitrogens is 1. The summed E-state index contributed by atoms with van der Waals surface area (Å²) in [6.45, 7) is 0. The summed E-state index contributed by atoms with van der Waals surface area (Å²) >= 11 is 5.67. The number of aromatic hydroxyl groups is 1. The zero-order valence-corrected chi connectivity index (χ0v) is 10.2. The number of carbonyl (C=O) groups excluding carboxylic acids is 1. The van der Waals surface area contributed by atoms with E-state index in [-0.39, 0.29) is 16.9 Å². The molecular weight excluding hydrogens is 272 g/mol. The fraction of sp³-hybridized carbons (Fsp3) is 0. The van der Waals surface area contributed by atoms with Crippen LogP contribution < -0.4 is 5.32 Å². The predicted molar refractivity (Wildman–Crippen MR) is 68.8 cm³/mol. The van der Waals surface area contributed by atoms with Crippen LogP contribution in [0.15, 0.2) is 30.5 Å². The summed E-state index contributed by atoms with van der Waals surface area (Å²) in [7, 11) is 0. The Hall–Kier alpha value is -2.47. The predicted octanol–water partition coefficient (Wildman–Crippen LogP) is 2.32. The van der Waals surface area contributed by atoms with Crippen LogP contribution in [0.3, 0.4) is 0 Å². The first-order valence-electron chi connectivity index (χ1n) is 5.19. The third-order valence-corrected chi connectivity index (χ3v) is 2.63. The molecule has 1 heterocycles. The van der Waals surface area contributed by atoms with Crippen molar-refractivity contribution in [3.05, 3.63) is 46.7 Å². The molecule has 1 aromatic heterocycles. The molecule has 0 radical (unpaired) electrons. The summed E-state index contributed by atoms with van der Waals surface area (Å²) in [6.07, 6.45) is 1.43. The molecule has 0 aliphatic heterocycles. The molecule has 1 aromatic carbocycles. The van der Waals surface area contributed by atoms with E-state index in [1.54, 1.807) is 0 Å². The first kappa shape index (κ1) is 13.0. The van der Waals surface area contributed by atoms with E-state index in [9.17, 15) is 14.7 Å². The van der Waals surface area contributed by atoms with Gasteiger partial charge in [-0.3, -0.25) is 4.79 Å². The van der Waals surface area contributed by atoms with E-state index in [4.69, 9.17) is 16.7 Å². The lowest BCUT2D eigenvalue weighted by Gasteiger charge is -2.08. The van der Waals surface area contributed by atoms with Crippen molar-refractivity contribution in [1.29, 1.82) is 0 Å². The molecule has 0 atom stereocenters. The van der Waals surface area contributed by atoms with Gasteiger partial charge in [-0.1, -0.05) is 17.7 Å². The summed E-state index contributed by atoms with van der Waals surface area (Å²) in [4.78, 5) is 25.3. The van der Waals surface area contributed by atoms with Crippen molar-refractivity contribution in [2.75, 3.05) is 5.32 Å². The van der Waals surface area contributed by atoms with Crippen LogP contribution in [0.5, 0.6) is 5.75 Å². The zero-order chi connectivity index (χ0) is 14.0. The molecule has 4 N–H and O–H groups in total. The number of rotatable bonds is 3. The van der Waals surface area contributed by atoms with Crippen LogP contribution >= 0.6 is 11.6 Å². The van der Waals surface area contributed by atoms with Gasteiger partial charge < -0.3 is 20.5 Å². The summed E-state index contributed by atoms with van der Waals surface area (Å²) < 4.78 is 0. The maximum Gasteiger partial charge on any atom is 0.339 e. The van der Waals surface area contributed by atoms with E-state index in [1.807, 2.05) is 0 Å². The second-order valence-electron chi connectivity index (χ2n) is 3.69. The Morgan fingerprint density at radius 3 is 2.63 bits per heavy atom. The first-order chi connectivity index (χ1) is 8.99. The summed E-state index contributed by atoms with van der Waals surface area (Å²) in [5.41, 5.74) is -0.0805. The molecule has 0 bridgehead atoms. The van der Waals surface area contributed by atoms with Gasteiger partial charge in [0.15, 0.2) is 5.75 Å². The molecule has 98 valence electrons. The van der Waals surface area contributed by atoms with E-state index >= 15 is 0 Å². The van der Waals surface area contributed by atoms with Crippen LogP contribution in [0.1, 0.15) is 20.8 Å². The van der Waals surface area contributed by atoms with Gasteiger partial charge in [-0.15, -0.1) is 0 Å². The van der Waals surface area contributed by atoms with Crippen LogP contribution in [-0.2, 0) is 0 Å². The molecule has 0 aliphatic carbocycles. The molecule has 1 amide bonds. The Labute approximate surface area is 112 Å². The lowest BCUT2D eigenvalue weighted by molar-refractivity contribution is 0.0693. The number of H-pyrrole nitrogens is 1. The Bertz CT molecular complexity index is 651. The highest BCUT2D eigenvalue weighted by Crippen LogP contribution is 2.27. The van der Waals surface area contributed by atoms with Crippen molar-refractivity contribution >= 4 is 29.2 Å². The quantitative estimate of drug-likeness (QED) is 0.648. The molecule has 6 nitrogen and oxygen atoms in total. The summed E-state index contributed by atoms with van der Waals surface area (Å²) in [5, 5.41) is 21.3. The van der Waals surface area contributed by atoms with Crippen molar-refractivity contribution in [2.45, 2.75) is 0 Å². The number of carboxylic acid groups (broad SMARTS) is 1. The number of benzene rings is 1. The number of phenols is 1. The van der Waals surface area contributed by atoms with Gasteiger partial charge >= 0.3 is 5.97 Å². The van der Waals surface area contributed by atoms with Crippen molar-refractivity contribution in [2.24, 2.45) is 0 Å². The standard InChI is InChI=1S/C12H9ClN2O4/c13-6-4-9(14-5-6)11(17)15-8-3-1-2-7(10(8)16)12(18)19/h1-5,14,16H,(H,15,17)(H,18,19). The van der Waals surface area contributed by atoms with Crippen molar-refractivity contribution in [3.63, 3.8) is 0 Å². The topological polar surface area (TPSA) is 102 Å². The minimum Gasteiger partial charge on any atom is -0.505 e. The number of aromatic amines is 1. The molecule has 0 saturated carbocycles.